The lowest BCUT2D eigenvalue weighted by molar-refractivity contribution is -0.931. The number of benzene rings is 1. The number of quaternary nitrogens is 1. The molecule has 1 aliphatic heterocycles. The molecule has 2 aromatic heterocycles. The van der Waals surface area contributed by atoms with E-state index in [1.54, 1.807) is 18.1 Å². The van der Waals surface area contributed by atoms with E-state index >= 15 is 0 Å². The van der Waals surface area contributed by atoms with Gasteiger partial charge in [0.2, 0.25) is 11.7 Å². The van der Waals surface area contributed by atoms with Gasteiger partial charge in [-0.15, -0.1) is 5.10 Å². The predicted octanol–water partition coefficient (Wildman–Crippen LogP) is 0.193. The van der Waals surface area contributed by atoms with Crippen LogP contribution in [0, 0.1) is 5.92 Å². The Morgan fingerprint density at radius 3 is 2.79 bits per heavy atom. The quantitative estimate of drug-likeness (QED) is 0.589. The number of carbonyl (C=O) groups excluding carboxylic acids is 1. The number of nitrogens with two attached hydrogens (primary N) is 1. The number of aromatic nitrogens is 4. The molecule has 152 valence electrons. The maximum atomic E-state index is 11.6. The monoisotopic (exact) mass is 397 g/mol. The highest BCUT2D eigenvalue weighted by molar-refractivity contribution is 5.76. The average Bonchev–Trinajstić information content (AvgIpc) is 3.42. The molecule has 1 aliphatic rings. The van der Waals surface area contributed by atoms with Gasteiger partial charge in [0.25, 0.3) is 0 Å². The third-order valence-corrected chi connectivity index (χ3v) is 5.59. The first-order valence-electron chi connectivity index (χ1n) is 9.72. The Bertz CT molecular complexity index is 947. The first-order chi connectivity index (χ1) is 14.2. The van der Waals surface area contributed by atoms with Gasteiger partial charge in [-0.1, -0.05) is 12.1 Å². The molecule has 0 saturated carbocycles. The van der Waals surface area contributed by atoms with Crippen LogP contribution in [0.5, 0.6) is 5.75 Å². The lowest BCUT2D eigenvalue weighted by atomic mass is 9.93. The van der Waals surface area contributed by atoms with E-state index in [2.05, 4.69) is 15.5 Å². The maximum absolute atomic E-state index is 11.6. The molecule has 3 heterocycles. The molecule has 1 amide bonds. The zero-order valence-electron chi connectivity index (χ0n) is 16.3. The predicted molar refractivity (Wildman–Crippen MR) is 103 cm³/mol. The molecular weight excluding hydrogens is 372 g/mol. The Morgan fingerprint density at radius 1 is 1.31 bits per heavy atom. The number of furan rings is 1. The summed E-state index contributed by atoms with van der Waals surface area (Å²) in [6.07, 6.45) is 3.13. The van der Waals surface area contributed by atoms with Crippen molar-refractivity contribution in [2.45, 2.75) is 25.4 Å². The van der Waals surface area contributed by atoms with Crippen molar-refractivity contribution >= 4 is 5.91 Å². The summed E-state index contributed by atoms with van der Waals surface area (Å²) in [6.45, 7) is 2.03. The number of amides is 1. The third kappa shape index (κ3) is 4.00. The molecule has 0 unspecified atom stereocenters. The van der Waals surface area contributed by atoms with Crippen molar-refractivity contribution in [1.29, 1.82) is 0 Å². The number of rotatable bonds is 7. The second-order valence-corrected chi connectivity index (χ2v) is 7.28. The minimum Gasteiger partial charge on any atom is -0.496 e. The molecule has 1 saturated heterocycles. The lowest BCUT2D eigenvalue weighted by Crippen LogP contribution is -3.13. The Kier molecular flexibility index (Phi) is 5.57. The van der Waals surface area contributed by atoms with Crippen molar-refractivity contribution in [3.8, 4) is 5.75 Å². The van der Waals surface area contributed by atoms with Crippen molar-refractivity contribution in [2.75, 3.05) is 20.2 Å². The highest BCUT2D eigenvalue weighted by atomic mass is 16.5. The molecule has 3 aromatic rings. The summed E-state index contributed by atoms with van der Waals surface area (Å²) >= 11 is 0. The molecule has 1 atom stereocenters. The van der Waals surface area contributed by atoms with Gasteiger partial charge < -0.3 is 19.8 Å². The topological polar surface area (TPSA) is 114 Å². The number of ether oxygens (including phenoxy) is 1. The minimum absolute atomic E-state index is 0.0730. The number of primary amides is 1. The average molecular weight is 397 g/mol. The summed E-state index contributed by atoms with van der Waals surface area (Å²) in [7, 11) is 1.66. The van der Waals surface area contributed by atoms with Gasteiger partial charge in [-0.2, -0.15) is 0 Å². The van der Waals surface area contributed by atoms with E-state index in [-0.39, 0.29) is 17.9 Å². The van der Waals surface area contributed by atoms with Crippen LogP contribution < -0.4 is 15.4 Å². The normalized spacial score (nSPS) is 20.3. The van der Waals surface area contributed by atoms with Crippen LogP contribution in [-0.4, -0.2) is 46.3 Å². The van der Waals surface area contributed by atoms with Gasteiger partial charge in [-0.3, -0.25) is 4.79 Å². The number of hydrogen-bond donors (Lipinski definition) is 2. The van der Waals surface area contributed by atoms with E-state index < -0.39 is 0 Å². The van der Waals surface area contributed by atoms with E-state index in [1.165, 1.54) is 4.90 Å². The summed E-state index contributed by atoms with van der Waals surface area (Å²) in [5.74, 6) is 2.00. The maximum Gasteiger partial charge on any atom is 0.220 e. The van der Waals surface area contributed by atoms with Crippen molar-refractivity contribution < 1.29 is 18.8 Å². The van der Waals surface area contributed by atoms with Crippen molar-refractivity contribution in [3.63, 3.8) is 0 Å². The number of nitrogens with zero attached hydrogens (tertiary/aromatic N) is 4. The van der Waals surface area contributed by atoms with Crippen molar-refractivity contribution in [2.24, 2.45) is 11.7 Å². The lowest BCUT2D eigenvalue weighted by Gasteiger charge is -2.33. The molecule has 0 radical (unpaired) electrons. The van der Waals surface area contributed by atoms with E-state index in [0.717, 1.165) is 48.8 Å². The first kappa shape index (κ1) is 19.1. The Morgan fingerprint density at radius 2 is 2.10 bits per heavy atom. The fraction of sp³-hybridized carbons (Fsp3) is 0.400. The number of piperidine rings is 1. The summed E-state index contributed by atoms with van der Waals surface area (Å²) in [4.78, 5) is 12.9. The minimum atomic E-state index is -0.222. The largest absolute Gasteiger partial charge is 0.496 e. The van der Waals surface area contributed by atoms with Crippen LogP contribution >= 0.6 is 0 Å². The fourth-order valence-electron chi connectivity index (χ4n) is 4.09. The number of carbonyl (C=O) groups is 1. The molecule has 0 aliphatic carbocycles. The molecule has 3 N–H and O–H groups in total. The summed E-state index contributed by atoms with van der Waals surface area (Å²) in [5, 5.41) is 12.5. The van der Waals surface area contributed by atoms with Gasteiger partial charge in [0.05, 0.1) is 32.0 Å². The first-order valence-corrected chi connectivity index (χ1v) is 9.72. The molecule has 1 aromatic carbocycles. The number of para-hydroxylation sites is 1. The SMILES string of the molecule is COc1ccccc1[C@@H](c1nnnn1Cc1ccco1)[NH+]1CCC(C(N)=O)CC1. The molecule has 1 fully saturated rings. The van der Waals surface area contributed by atoms with Crippen LogP contribution in [0.3, 0.4) is 0 Å². The number of hydrogen-bond acceptors (Lipinski definition) is 6. The van der Waals surface area contributed by atoms with Gasteiger partial charge in [0, 0.05) is 18.8 Å². The number of nitrogens with one attached hydrogen (secondary N) is 1. The van der Waals surface area contributed by atoms with Crippen LogP contribution in [0.2, 0.25) is 0 Å². The van der Waals surface area contributed by atoms with Gasteiger partial charge in [0.1, 0.15) is 18.1 Å². The molecule has 9 nitrogen and oxygen atoms in total. The van der Waals surface area contributed by atoms with Gasteiger partial charge >= 0.3 is 0 Å². The van der Waals surface area contributed by atoms with Crippen molar-refractivity contribution in [3.05, 3.63) is 59.8 Å². The molecular formula is C20H25N6O3+. The van der Waals surface area contributed by atoms with E-state index in [4.69, 9.17) is 14.9 Å². The summed E-state index contributed by atoms with van der Waals surface area (Å²) < 4.78 is 12.9. The van der Waals surface area contributed by atoms with Gasteiger partial charge in [0.15, 0.2) is 6.04 Å². The van der Waals surface area contributed by atoms with Crippen LogP contribution in [-0.2, 0) is 11.3 Å². The van der Waals surface area contributed by atoms with Crippen LogP contribution in [0.15, 0.2) is 47.1 Å². The van der Waals surface area contributed by atoms with Crippen LogP contribution in [0.25, 0.3) is 0 Å². The number of tetrazole rings is 1. The molecule has 0 bridgehead atoms. The molecule has 29 heavy (non-hydrogen) atoms. The number of likely N-dealkylation sites (tertiary alicyclic amines) is 1. The Labute approximate surface area is 168 Å². The van der Waals surface area contributed by atoms with Crippen LogP contribution in [0.1, 0.15) is 36.0 Å². The summed E-state index contributed by atoms with van der Waals surface area (Å²) in [5.41, 5.74) is 6.54. The number of methoxy groups -OCH3 is 1. The van der Waals surface area contributed by atoms with Gasteiger partial charge in [-0.25, -0.2) is 4.68 Å². The zero-order valence-corrected chi connectivity index (χ0v) is 16.3. The van der Waals surface area contributed by atoms with E-state index in [9.17, 15) is 4.79 Å². The highest BCUT2D eigenvalue weighted by Crippen LogP contribution is 2.28. The van der Waals surface area contributed by atoms with Crippen molar-refractivity contribution in [1.82, 2.24) is 20.2 Å². The standard InChI is InChI=1S/C20H24N6O3/c1-28-17-7-3-2-6-16(17)18(25-10-8-14(9-11-25)19(21)27)20-22-23-24-26(20)13-15-5-4-12-29-15/h2-7,12,14,18H,8-11,13H2,1H3,(H2,21,27)/p+1/t18-/m0/s1. The second kappa shape index (κ2) is 8.44. The smallest absolute Gasteiger partial charge is 0.220 e. The van der Waals surface area contributed by atoms with E-state index in [1.807, 2.05) is 36.4 Å². The van der Waals surface area contributed by atoms with Crippen LogP contribution in [0.4, 0.5) is 0 Å². The fourth-order valence-corrected chi connectivity index (χ4v) is 4.09. The highest BCUT2D eigenvalue weighted by Gasteiger charge is 2.37. The molecule has 4 rings (SSSR count). The molecule has 9 heteroatoms. The second-order valence-electron chi connectivity index (χ2n) is 7.28. The Hall–Kier alpha value is -3.20. The van der Waals surface area contributed by atoms with E-state index in [0.29, 0.717) is 6.54 Å². The third-order valence-electron chi connectivity index (χ3n) is 5.59. The Balaban J connectivity index is 1.70. The molecule has 0 spiro atoms. The summed E-state index contributed by atoms with van der Waals surface area (Å²) in [6, 6.07) is 11.5. The van der Waals surface area contributed by atoms with Gasteiger partial charge in [-0.05, 0) is 34.7 Å². The zero-order chi connectivity index (χ0) is 20.2.